The minimum absolute atomic E-state index is 0.0744. The van der Waals surface area contributed by atoms with Gasteiger partial charge in [0.1, 0.15) is 12.4 Å². The van der Waals surface area contributed by atoms with Gasteiger partial charge in [0.05, 0.1) is 25.1 Å². The van der Waals surface area contributed by atoms with Crippen molar-refractivity contribution in [2.75, 3.05) is 5.75 Å². The smallest absolute Gasteiger partial charge is 0.485 e. The lowest BCUT2D eigenvalue weighted by Crippen LogP contribution is -2.29. The molecule has 0 atom stereocenters. The maximum atomic E-state index is 12.0. The molecule has 1 aromatic carbocycles. The molecular formula is C18H25F3N4O5S2. The Labute approximate surface area is 185 Å². The summed E-state index contributed by atoms with van der Waals surface area (Å²) in [5.41, 5.74) is -4.10. The van der Waals surface area contributed by atoms with Crippen LogP contribution < -0.4 is 9.40 Å². The molecule has 0 fully saturated rings. The minimum atomic E-state index is -6.09. The molecule has 0 aliphatic rings. The van der Waals surface area contributed by atoms with Crippen LogP contribution in [0.4, 0.5) is 13.2 Å². The first-order valence-electron chi connectivity index (χ1n) is 9.27. The van der Waals surface area contributed by atoms with E-state index >= 15 is 0 Å². The van der Waals surface area contributed by atoms with Crippen molar-refractivity contribution in [3.05, 3.63) is 54.1 Å². The van der Waals surface area contributed by atoms with Crippen LogP contribution in [0.3, 0.4) is 0 Å². The highest BCUT2D eigenvalue weighted by molar-refractivity contribution is 7.89. The van der Waals surface area contributed by atoms with Crippen molar-refractivity contribution in [3.8, 4) is 0 Å². The summed E-state index contributed by atoms with van der Waals surface area (Å²) in [5, 5.41) is 3.99. The molecule has 0 amide bonds. The topological polar surface area (TPSA) is 125 Å². The summed E-state index contributed by atoms with van der Waals surface area (Å²) in [6.07, 6.45) is 5.40. The van der Waals surface area contributed by atoms with Crippen LogP contribution in [0.5, 0.6) is 0 Å². The summed E-state index contributed by atoms with van der Waals surface area (Å²) in [7, 11) is -7.49. The molecule has 0 aliphatic carbocycles. The predicted molar refractivity (Wildman–Crippen MR) is 111 cm³/mol. The minimum Gasteiger partial charge on any atom is -0.741 e. The number of hydrazone groups is 1. The fourth-order valence-corrected chi connectivity index (χ4v) is 3.29. The Morgan fingerprint density at radius 3 is 2.19 bits per heavy atom. The predicted octanol–water partition coefficient (Wildman–Crippen LogP) is 1.80. The third kappa shape index (κ3) is 9.36. The number of hydrogen-bond acceptors (Lipinski definition) is 6. The number of aromatic nitrogens is 2. The van der Waals surface area contributed by atoms with Gasteiger partial charge in [0, 0.05) is 6.92 Å². The highest BCUT2D eigenvalue weighted by Crippen LogP contribution is 2.20. The van der Waals surface area contributed by atoms with Gasteiger partial charge in [-0.25, -0.2) is 30.8 Å². The van der Waals surface area contributed by atoms with E-state index in [9.17, 15) is 21.6 Å². The van der Waals surface area contributed by atoms with E-state index < -0.39 is 25.6 Å². The van der Waals surface area contributed by atoms with Gasteiger partial charge in [0.25, 0.3) is 5.82 Å². The zero-order valence-electron chi connectivity index (χ0n) is 17.7. The summed E-state index contributed by atoms with van der Waals surface area (Å²) in [6, 6.07) is 9.49. The van der Waals surface area contributed by atoms with Crippen molar-refractivity contribution in [1.82, 2.24) is 9.40 Å². The second-order valence-corrected chi connectivity index (χ2v) is 9.92. The lowest BCUT2D eigenvalue weighted by molar-refractivity contribution is -0.677. The van der Waals surface area contributed by atoms with Gasteiger partial charge in [-0.15, -0.1) is 0 Å². The number of imidazole rings is 1. The van der Waals surface area contributed by atoms with Gasteiger partial charge in [-0.05, 0) is 25.3 Å². The van der Waals surface area contributed by atoms with Gasteiger partial charge in [-0.2, -0.15) is 18.3 Å². The summed E-state index contributed by atoms with van der Waals surface area (Å²) >= 11 is 0. The SMILES string of the molecule is C/C(=N/NS(=O)(=O)CCCCn1cc[n+](C)c1C)c1ccccc1.O=S(=O)([O-])C(F)(F)F. The maximum absolute atomic E-state index is 12.0. The zero-order valence-corrected chi connectivity index (χ0v) is 19.3. The van der Waals surface area contributed by atoms with E-state index in [0.717, 1.165) is 24.4 Å². The van der Waals surface area contributed by atoms with Gasteiger partial charge >= 0.3 is 5.51 Å². The molecule has 180 valence electrons. The lowest BCUT2D eigenvalue weighted by atomic mass is 10.1. The molecule has 14 heteroatoms. The molecule has 0 bridgehead atoms. The number of alkyl halides is 3. The van der Waals surface area contributed by atoms with Crippen LogP contribution in [0.15, 0.2) is 47.8 Å². The van der Waals surface area contributed by atoms with E-state index in [1.807, 2.05) is 61.3 Å². The number of halogens is 3. The summed E-state index contributed by atoms with van der Waals surface area (Å²) < 4.78 is 87.1. The van der Waals surface area contributed by atoms with Crippen molar-refractivity contribution in [2.24, 2.45) is 12.1 Å². The van der Waals surface area contributed by atoms with Crippen molar-refractivity contribution >= 4 is 25.9 Å². The third-order valence-corrected chi connectivity index (χ3v) is 6.05. The average Bonchev–Trinajstić information content (AvgIpc) is 3.01. The van der Waals surface area contributed by atoms with Crippen molar-refractivity contribution in [1.29, 1.82) is 0 Å². The van der Waals surface area contributed by atoms with E-state index in [-0.39, 0.29) is 5.75 Å². The number of unbranched alkanes of at least 4 members (excludes halogenated alkanes) is 1. The largest absolute Gasteiger partial charge is 0.741 e. The molecule has 32 heavy (non-hydrogen) atoms. The van der Waals surface area contributed by atoms with Crippen LogP contribution in [-0.2, 0) is 33.7 Å². The van der Waals surface area contributed by atoms with Crippen molar-refractivity contribution in [3.63, 3.8) is 0 Å². The normalized spacial score (nSPS) is 12.8. The molecule has 1 aromatic heterocycles. The first-order chi connectivity index (χ1) is 14.6. The molecule has 0 saturated carbocycles. The van der Waals surface area contributed by atoms with E-state index in [1.165, 1.54) is 0 Å². The summed E-state index contributed by atoms with van der Waals surface area (Å²) in [5.74, 6) is 1.23. The molecule has 2 rings (SSSR count). The lowest BCUT2D eigenvalue weighted by Gasteiger charge is -2.08. The monoisotopic (exact) mass is 498 g/mol. The van der Waals surface area contributed by atoms with Crippen LogP contribution in [0.25, 0.3) is 0 Å². The molecule has 0 saturated heterocycles. The van der Waals surface area contributed by atoms with Crippen LogP contribution in [0.1, 0.15) is 31.2 Å². The Balaban J connectivity index is 0.000000547. The molecule has 1 N–H and O–H groups in total. The standard InChI is InChI=1S/C17H25N4O2S.CHF3O3S/c1-15(17-9-5-4-6-10-17)18-19-24(22,23)14-8-7-11-21-13-12-20(3)16(21)2;2-1(3,4)8(5,6)7/h4-6,9-10,12-13,19H,7-8,11,14H2,1-3H3;(H,5,6,7)/q+1;/p-1/b18-15-;. The van der Waals surface area contributed by atoms with E-state index in [2.05, 4.69) is 14.5 Å². The van der Waals surface area contributed by atoms with E-state index in [1.54, 1.807) is 6.92 Å². The Bertz CT molecular complexity index is 1110. The van der Waals surface area contributed by atoms with E-state index in [4.69, 9.17) is 13.0 Å². The summed E-state index contributed by atoms with van der Waals surface area (Å²) in [4.78, 5) is 2.32. The number of benzene rings is 1. The van der Waals surface area contributed by atoms with Crippen LogP contribution in [0.2, 0.25) is 0 Å². The Morgan fingerprint density at radius 1 is 1.16 bits per heavy atom. The molecule has 0 radical (unpaired) electrons. The Hall–Kier alpha value is -2.45. The van der Waals surface area contributed by atoms with Crippen LogP contribution in [-0.4, -0.2) is 42.9 Å². The number of sulfonamides is 1. The first-order valence-corrected chi connectivity index (χ1v) is 12.3. The number of nitrogens with one attached hydrogen (secondary N) is 1. The highest BCUT2D eigenvalue weighted by Gasteiger charge is 2.36. The number of rotatable bonds is 8. The molecule has 2 aromatic rings. The van der Waals surface area contributed by atoms with Gasteiger partial charge in [0.2, 0.25) is 10.0 Å². The zero-order chi connectivity index (χ0) is 24.6. The quantitative estimate of drug-likeness (QED) is 0.148. The first kappa shape index (κ1) is 27.6. The number of hydrogen-bond donors (Lipinski definition) is 1. The molecule has 0 spiro atoms. The maximum Gasteiger partial charge on any atom is 0.485 e. The molecule has 9 nitrogen and oxygen atoms in total. The number of nitrogens with zero attached hydrogens (tertiary/aromatic N) is 3. The molecule has 1 heterocycles. The fourth-order valence-electron chi connectivity index (χ4n) is 2.34. The highest BCUT2D eigenvalue weighted by atomic mass is 32.2. The molecule has 0 aliphatic heterocycles. The fraction of sp³-hybridized carbons (Fsp3) is 0.444. The third-order valence-electron chi connectivity index (χ3n) is 4.29. The van der Waals surface area contributed by atoms with Gasteiger partial charge in [-0.1, -0.05) is 30.3 Å². The number of aryl methyl sites for hydroxylation is 2. The Kier molecular flexibility index (Phi) is 9.85. The van der Waals surface area contributed by atoms with Crippen molar-refractivity contribution in [2.45, 2.75) is 38.7 Å². The van der Waals surface area contributed by atoms with Crippen molar-refractivity contribution < 1.29 is 39.1 Å². The summed E-state index contributed by atoms with van der Waals surface area (Å²) in [6.45, 7) is 4.64. The Morgan fingerprint density at radius 2 is 1.72 bits per heavy atom. The molecular weight excluding hydrogens is 473 g/mol. The average molecular weight is 499 g/mol. The van der Waals surface area contributed by atoms with Gasteiger partial charge < -0.3 is 4.55 Å². The second kappa shape index (κ2) is 11.4. The molecule has 0 unspecified atom stereocenters. The van der Waals surface area contributed by atoms with Gasteiger partial charge in [-0.3, -0.25) is 0 Å². The van der Waals surface area contributed by atoms with Gasteiger partial charge in [0.15, 0.2) is 10.1 Å². The second-order valence-electron chi connectivity index (χ2n) is 6.73. The van der Waals surface area contributed by atoms with Crippen LogP contribution in [0, 0.1) is 6.92 Å². The van der Waals surface area contributed by atoms with E-state index in [0.29, 0.717) is 12.1 Å². The van der Waals surface area contributed by atoms with Crippen LogP contribution >= 0.6 is 0 Å².